The van der Waals surface area contributed by atoms with Crippen LogP contribution in [-0.2, 0) is 5.41 Å². The molecule has 96 valence electrons. The van der Waals surface area contributed by atoms with Gasteiger partial charge in [0.05, 0.1) is 11.8 Å². The Kier molecular flexibility index (Phi) is 2.72. The quantitative estimate of drug-likeness (QED) is 0.814. The van der Waals surface area contributed by atoms with E-state index in [1.54, 1.807) is 11.3 Å². The number of hydrogen-bond acceptors (Lipinski definition) is 3. The highest BCUT2D eigenvalue weighted by Crippen LogP contribution is 2.49. The lowest BCUT2D eigenvalue weighted by atomic mass is 9.98. The molecule has 0 bridgehead atoms. The van der Waals surface area contributed by atoms with Crippen LogP contribution in [0.25, 0.3) is 11.3 Å². The van der Waals surface area contributed by atoms with Crippen LogP contribution < -0.4 is 0 Å². The molecule has 0 N–H and O–H groups in total. The minimum absolute atomic E-state index is 0.268. The molecule has 0 spiro atoms. The molecule has 1 aliphatic rings. The van der Waals surface area contributed by atoms with E-state index < -0.39 is 0 Å². The number of rotatable bonds is 2. The SMILES string of the molecule is Cc1cc(C)c(-c2csc(C3(C#N)CC3)n2)c(C)c1. The van der Waals surface area contributed by atoms with Crippen LogP contribution in [0.2, 0.25) is 0 Å². The van der Waals surface area contributed by atoms with E-state index in [2.05, 4.69) is 44.4 Å². The third-order valence-corrected chi connectivity index (χ3v) is 4.86. The van der Waals surface area contributed by atoms with E-state index in [1.807, 2.05) is 0 Å². The van der Waals surface area contributed by atoms with Gasteiger partial charge in [0.1, 0.15) is 10.4 Å². The second-order valence-electron chi connectivity index (χ2n) is 5.51. The number of aryl methyl sites for hydroxylation is 3. The summed E-state index contributed by atoms with van der Waals surface area (Å²) in [7, 11) is 0. The smallest absolute Gasteiger partial charge is 0.114 e. The Morgan fingerprint density at radius 2 is 1.84 bits per heavy atom. The average molecular weight is 268 g/mol. The van der Waals surface area contributed by atoms with Crippen LogP contribution in [0.1, 0.15) is 34.5 Å². The number of nitrogens with zero attached hydrogens (tertiary/aromatic N) is 2. The highest BCUT2D eigenvalue weighted by molar-refractivity contribution is 7.10. The Morgan fingerprint density at radius 3 is 2.37 bits per heavy atom. The van der Waals surface area contributed by atoms with E-state index in [9.17, 15) is 5.26 Å². The van der Waals surface area contributed by atoms with Crippen molar-refractivity contribution in [2.75, 3.05) is 0 Å². The maximum Gasteiger partial charge on any atom is 0.114 e. The molecule has 1 aromatic carbocycles. The maximum absolute atomic E-state index is 9.25. The average Bonchev–Trinajstić information content (AvgIpc) is 3.00. The van der Waals surface area contributed by atoms with Crippen LogP contribution in [0.4, 0.5) is 0 Å². The maximum atomic E-state index is 9.25. The van der Waals surface area contributed by atoms with Gasteiger partial charge in [-0.05, 0) is 44.7 Å². The number of nitriles is 1. The summed E-state index contributed by atoms with van der Waals surface area (Å²) in [4.78, 5) is 4.73. The first-order chi connectivity index (χ1) is 9.05. The minimum Gasteiger partial charge on any atom is -0.239 e. The van der Waals surface area contributed by atoms with E-state index in [1.165, 1.54) is 22.3 Å². The molecule has 0 unspecified atom stereocenters. The first-order valence-corrected chi connectivity index (χ1v) is 7.39. The molecule has 0 atom stereocenters. The molecule has 0 amide bonds. The fourth-order valence-corrected chi connectivity index (χ4v) is 3.71. The summed E-state index contributed by atoms with van der Waals surface area (Å²) in [6.07, 6.45) is 1.92. The predicted molar refractivity (Wildman–Crippen MR) is 78.3 cm³/mol. The summed E-state index contributed by atoms with van der Waals surface area (Å²) in [6, 6.07) is 6.81. The highest BCUT2D eigenvalue weighted by Gasteiger charge is 2.47. The van der Waals surface area contributed by atoms with Crippen LogP contribution >= 0.6 is 11.3 Å². The summed E-state index contributed by atoms with van der Waals surface area (Å²) in [6.45, 7) is 6.38. The summed E-state index contributed by atoms with van der Waals surface area (Å²) in [5.74, 6) is 0. The fourth-order valence-electron chi connectivity index (χ4n) is 2.69. The van der Waals surface area contributed by atoms with Crippen LogP contribution in [0.15, 0.2) is 17.5 Å². The Morgan fingerprint density at radius 1 is 1.21 bits per heavy atom. The number of thiazole rings is 1. The fraction of sp³-hybridized carbons (Fsp3) is 0.375. The van der Waals surface area contributed by atoms with Crippen molar-refractivity contribution in [2.24, 2.45) is 0 Å². The molecule has 3 rings (SSSR count). The molecule has 1 aliphatic carbocycles. The first-order valence-electron chi connectivity index (χ1n) is 6.51. The Bertz CT molecular complexity index is 664. The van der Waals surface area contributed by atoms with Gasteiger partial charge in [-0.1, -0.05) is 17.7 Å². The summed E-state index contributed by atoms with van der Waals surface area (Å²) in [5, 5.41) is 12.3. The van der Waals surface area contributed by atoms with Crippen molar-refractivity contribution in [3.63, 3.8) is 0 Å². The summed E-state index contributed by atoms with van der Waals surface area (Å²) in [5.41, 5.74) is 5.78. The van der Waals surface area contributed by atoms with E-state index in [0.717, 1.165) is 23.5 Å². The largest absolute Gasteiger partial charge is 0.239 e. The highest BCUT2D eigenvalue weighted by atomic mass is 32.1. The van der Waals surface area contributed by atoms with Crippen molar-refractivity contribution >= 4 is 11.3 Å². The molecule has 1 fully saturated rings. The van der Waals surface area contributed by atoms with Gasteiger partial charge >= 0.3 is 0 Å². The van der Waals surface area contributed by atoms with Crippen LogP contribution in [0.3, 0.4) is 0 Å². The predicted octanol–water partition coefficient (Wildman–Crippen LogP) is 4.29. The molecule has 2 aromatic rings. The zero-order valence-electron chi connectivity index (χ0n) is 11.4. The number of aromatic nitrogens is 1. The van der Waals surface area contributed by atoms with Gasteiger partial charge in [0.15, 0.2) is 0 Å². The van der Waals surface area contributed by atoms with Gasteiger partial charge in [-0.3, -0.25) is 0 Å². The molecule has 3 heteroatoms. The molecule has 0 saturated heterocycles. The van der Waals surface area contributed by atoms with E-state index in [-0.39, 0.29) is 5.41 Å². The monoisotopic (exact) mass is 268 g/mol. The third-order valence-electron chi connectivity index (χ3n) is 3.81. The number of benzene rings is 1. The lowest BCUT2D eigenvalue weighted by molar-refractivity contribution is 0.891. The van der Waals surface area contributed by atoms with Crippen LogP contribution in [0.5, 0.6) is 0 Å². The molecule has 1 heterocycles. The minimum atomic E-state index is -0.268. The van der Waals surface area contributed by atoms with Gasteiger partial charge in [0.2, 0.25) is 0 Å². The molecule has 1 saturated carbocycles. The van der Waals surface area contributed by atoms with Crippen molar-refractivity contribution in [3.8, 4) is 17.3 Å². The Hall–Kier alpha value is -1.66. The zero-order valence-corrected chi connectivity index (χ0v) is 12.3. The lowest BCUT2D eigenvalue weighted by Crippen LogP contribution is -2.01. The molecule has 1 aromatic heterocycles. The van der Waals surface area contributed by atoms with Crippen molar-refractivity contribution in [3.05, 3.63) is 39.2 Å². The topological polar surface area (TPSA) is 36.7 Å². The van der Waals surface area contributed by atoms with Gasteiger partial charge in [0.25, 0.3) is 0 Å². The first kappa shape index (κ1) is 12.4. The van der Waals surface area contributed by atoms with Gasteiger partial charge in [-0.2, -0.15) is 5.26 Å². The molecule has 19 heavy (non-hydrogen) atoms. The molecule has 2 nitrogen and oxygen atoms in total. The normalized spacial score (nSPS) is 16.1. The second-order valence-corrected chi connectivity index (χ2v) is 6.36. The van der Waals surface area contributed by atoms with Crippen molar-refractivity contribution in [2.45, 2.75) is 39.0 Å². The van der Waals surface area contributed by atoms with Crippen molar-refractivity contribution < 1.29 is 0 Å². The molecular weight excluding hydrogens is 252 g/mol. The Balaban J connectivity index is 2.07. The summed E-state index contributed by atoms with van der Waals surface area (Å²) < 4.78 is 0. The number of hydrogen-bond donors (Lipinski definition) is 0. The van der Waals surface area contributed by atoms with Crippen molar-refractivity contribution in [1.82, 2.24) is 4.98 Å². The van der Waals surface area contributed by atoms with E-state index in [0.29, 0.717) is 0 Å². The summed E-state index contributed by atoms with van der Waals surface area (Å²) >= 11 is 1.63. The van der Waals surface area contributed by atoms with E-state index in [4.69, 9.17) is 4.98 Å². The van der Waals surface area contributed by atoms with Gasteiger partial charge in [-0.15, -0.1) is 11.3 Å². The van der Waals surface area contributed by atoms with Crippen LogP contribution in [-0.4, -0.2) is 4.98 Å². The van der Waals surface area contributed by atoms with Gasteiger partial charge < -0.3 is 0 Å². The van der Waals surface area contributed by atoms with Crippen LogP contribution in [0, 0.1) is 32.1 Å². The van der Waals surface area contributed by atoms with Crippen molar-refractivity contribution in [1.29, 1.82) is 5.26 Å². The Labute approximate surface area is 117 Å². The zero-order chi connectivity index (χ0) is 13.6. The second kappa shape index (κ2) is 4.18. The van der Waals surface area contributed by atoms with Gasteiger partial charge in [0, 0.05) is 10.9 Å². The lowest BCUT2D eigenvalue weighted by Gasteiger charge is -2.09. The molecule has 0 radical (unpaired) electrons. The third kappa shape index (κ3) is 1.97. The van der Waals surface area contributed by atoms with Gasteiger partial charge in [-0.25, -0.2) is 4.98 Å². The molecule has 0 aliphatic heterocycles. The molecular formula is C16H16N2S. The van der Waals surface area contributed by atoms with E-state index >= 15 is 0 Å². The standard InChI is InChI=1S/C16H16N2S/c1-10-6-11(2)14(12(3)7-10)13-8-19-15(18-13)16(9-17)4-5-16/h6-8H,4-5H2,1-3H3.